The van der Waals surface area contributed by atoms with E-state index in [2.05, 4.69) is 14.1 Å². The molecule has 9 heteroatoms. The number of carbonyl (C=O) groups is 1. The second-order valence-corrected chi connectivity index (χ2v) is 5.70. The van der Waals surface area contributed by atoms with Crippen molar-refractivity contribution in [1.29, 1.82) is 0 Å². The maximum atomic E-state index is 12.5. The second kappa shape index (κ2) is 5.90. The lowest BCUT2D eigenvalue weighted by Gasteiger charge is -2.09. The predicted molar refractivity (Wildman–Crippen MR) is 88.2 cm³/mol. The Bertz CT molecular complexity index is 941. The number of hydrogen-bond acceptors (Lipinski definition) is 6. The molecule has 1 amide bonds. The van der Waals surface area contributed by atoms with Gasteiger partial charge in [-0.25, -0.2) is 0 Å². The van der Waals surface area contributed by atoms with Crippen LogP contribution in [0.3, 0.4) is 0 Å². The van der Waals surface area contributed by atoms with Gasteiger partial charge in [-0.15, -0.1) is 0 Å². The first-order chi connectivity index (χ1) is 11.0. The van der Waals surface area contributed by atoms with Gasteiger partial charge in [0.25, 0.3) is 11.6 Å². The summed E-state index contributed by atoms with van der Waals surface area (Å²) in [5, 5.41) is 13.7. The Hall–Kier alpha value is -2.58. The molecule has 0 unspecified atom stereocenters. The zero-order valence-corrected chi connectivity index (χ0v) is 13.3. The van der Waals surface area contributed by atoms with Gasteiger partial charge in [0.15, 0.2) is 0 Å². The van der Waals surface area contributed by atoms with Crippen molar-refractivity contribution in [3.05, 3.63) is 56.6 Å². The number of non-ortho nitro benzene ring substituents is 1. The lowest BCUT2D eigenvalue weighted by atomic mass is 10.1. The van der Waals surface area contributed by atoms with E-state index in [0.717, 1.165) is 23.4 Å². The number of halogens is 1. The number of benzene rings is 2. The first-order valence-electron chi connectivity index (χ1n) is 6.44. The quantitative estimate of drug-likeness (QED) is 0.573. The van der Waals surface area contributed by atoms with Crippen molar-refractivity contribution in [2.24, 2.45) is 0 Å². The van der Waals surface area contributed by atoms with Gasteiger partial charge in [0.2, 0.25) is 0 Å². The van der Waals surface area contributed by atoms with Crippen molar-refractivity contribution < 1.29 is 9.72 Å². The van der Waals surface area contributed by atoms with E-state index in [1.165, 1.54) is 12.1 Å². The van der Waals surface area contributed by atoms with Crippen LogP contribution in [0.25, 0.3) is 11.0 Å². The number of carbonyl (C=O) groups excluding carboxylic acids is 1. The molecule has 7 nitrogen and oxygen atoms in total. The number of aromatic nitrogens is 2. The van der Waals surface area contributed by atoms with E-state index >= 15 is 0 Å². The topological polar surface area (TPSA) is 98.0 Å². The van der Waals surface area contributed by atoms with Crippen LogP contribution < -0.4 is 5.32 Å². The van der Waals surface area contributed by atoms with Gasteiger partial charge in [0, 0.05) is 12.1 Å². The number of anilines is 1. The highest BCUT2D eigenvalue weighted by Gasteiger charge is 2.18. The average molecular weight is 349 g/mol. The third-order valence-electron chi connectivity index (χ3n) is 3.28. The van der Waals surface area contributed by atoms with Crippen LogP contribution in [0.4, 0.5) is 11.4 Å². The molecule has 0 aliphatic rings. The van der Waals surface area contributed by atoms with Gasteiger partial charge in [0.05, 0.1) is 32.9 Å². The molecule has 116 valence electrons. The number of hydrogen-bond donors (Lipinski definition) is 1. The zero-order chi connectivity index (χ0) is 16.6. The van der Waals surface area contributed by atoms with Crippen LogP contribution in [-0.2, 0) is 0 Å². The third kappa shape index (κ3) is 2.86. The lowest BCUT2D eigenvalue weighted by Crippen LogP contribution is -2.14. The Morgan fingerprint density at radius 1 is 1.30 bits per heavy atom. The van der Waals surface area contributed by atoms with Gasteiger partial charge >= 0.3 is 0 Å². The monoisotopic (exact) mass is 348 g/mol. The summed E-state index contributed by atoms with van der Waals surface area (Å²) < 4.78 is 8.29. The van der Waals surface area contributed by atoms with Crippen molar-refractivity contribution >= 4 is 51.6 Å². The summed E-state index contributed by atoms with van der Waals surface area (Å²) in [5.41, 5.74) is 2.39. The fraction of sp³-hybridized carbons (Fsp3) is 0.0714. The molecule has 0 aliphatic carbocycles. The number of aryl methyl sites for hydroxylation is 1. The highest BCUT2D eigenvalue weighted by Crippen LogP contribution is 2.28. The van der Waals surface area contributed by atoms with Crippen LogP contribution in [0.5, 0.6) is 0 Å². The summed E-state index contributed by atoms with van der Waals surface area (Å²) in [6.45, 7) is 1.82. The van der Waals surface area contributed by atoms with Gasteiger partial charge in [0.1, 0.15) is 11.0 Å². The Kier molecular flexibility index (Phi) is 3.93. The molecule has 0 fully saturated rings. The number of nitro benzene ring substituents is 1. The maximum Gasteiger partial charge on any atom is 0.270 e. The van der Waals surface area contributed by atoms with Crippen molar-refractivity contribution in [1.82, 2.24) is 8.75 Å². The van der Waals surface area contributed by atoms with E-state index in [-0.39, 0.29) is 16.3 Å². The van der Waals surface area contributed by atoms with Crippen molar-refractivity contribution in [3.8, 4) is 0 Å². The van der Waals surface area contributed by atoms with Crippen LogP contribution in [0, 0.1) is 17.0 Å². The Labute approximate surface area is 139 Å². The van der Waals surface area contributed by atoms with E-state index in [1.54, 1.807) is 0 Å². The first kappa shape index (κ1) is 15.3. The predicted octanol–water partition coefficient (Wildman–Crippen LogP) is 3.81. The van der Waals surface area contributed by atoms with Gasteiger partial charge in [-0.2, -0.15) is 8.75 Å². The lowest BCUT2D eigenvalue weighted by molar-refractivity contribution is -0.384. The summed E-state index contributed by atoms with van der Waals surface area (Å²) in [4.78, 5) is 22.7. The van der Waals surface area contributed by atoms with Crippen LogP contribution >= 0.6 is 23.3 Å². The first-order valence-corrected chi connectivity index (χ1v) is 7.55. The minimum Gasteiger partial charge on any atom is -0.320 e. The number of nitro groups is 1. The van der Waals surface area contributed by atoms with Crippen LogP contribution in [0.2, 0.25) is 5.02 Å². The van der Waals surface area contributed by atoms with Crippen LogP contribution in [0.1, 0.15) is 15.9 Å². The van der Waals surface area contributed by atoms with E-state index in [9.17, 15) is 14.9 Å². The summed E-state index contributed by atoms with van der Waals surface area (Å²) in [6, 6.07) is 7.34. The third-order valence-corrected chi connectivity index (χ3v) is 4.15. The summed E-state index contributed by atoms with van der Waals surface area (Å²) in [5.74, 6) is -0.540. The molecule has 1 N–H and O–H groups in total. The van der Waals surface area contributed by atoms with Crippen molar-refractivity contribution in [2.45, 2.75) is 6.92 Å². The number of amides is 1. The molecule has 0 atom stereocenters. The summed E-state index contributed by atoms with van der Waals surface area (Å²) in [6.07, 6.45) is 0. The van der Waals surface area contributed by atoms with Gasteiger partial charge in [-0.3, -0.25) is 14.9 Å². The Morgan fingerprint density at radius 3 is 2.83 bits per heavy atom. The normalized spacial score (nSPS) is 10.7. The maximum absolute atomic E-state index is 12.5. The van der Waals surface area contributed by atoms with Gasteiger partial charge in [-0.05, 0) is 24.6 Å². The highest BCUT2D eigenvalue weighted by molar-refractivity contribution is 7.00. The minimum absolute atomic E-state index is 0.0282. The molecule has 2 aromatic carbocycles. The number of nitrogens with zero attached hydrogens (tertiary/aromatic N) is 3. The van der Waals surface area contributed by atoms with E-state index in [4.69, 9.17) is 11.6 Å². The molecular formula is C14H9ClN4O3S. The average Bonchev–Trinajstić information content (AvgIpc) is 2.99. The van der Waals surface area contributed by atoms with Gasteiger partial charge in [-0.1, -0.05) is 17.7 Å². The fourth-order valence-electron chi connectivity index (χ4n) is 2.09. The molecule has 0 bridgehead atoms. The van der Waals surface area contributed by atoms with E-state index in [1.807, 2.05) is 19.1 Å². The molecule has 3 rings (SSSR count). The largest absolute Gasteiger partial charge is 0.320 e. The molecule has 1 aromatic heterocycles. The molecule has 0 saturated carbocycles. The number of nitrogens with one attached hydrogen (secondary N) is 1. The number of rotatable bonds is 3. The SMILES string of the molecule is Cc1ccc2nsnc2c1NC(=O)c1cc([N+](=O)[O-])ccc1Cl. The van der Waals surface area contributed by atoms with Gasteiger partial charge < -0.3 is 5.32 Å². The Morgan fingerprint density at radius 2 is 2.09 bits per heavy atom. The fourth-order valence-corrected chi connectivity index (χ4v) is 2.84. The summed E-state index contributed by atoms with van der Waals surface area (Å²) >= 11 is 7.03. The standard InChI is InChI=1S/C14H9ClN4O3S/c1-7-2-5-11-13(18-23-17-11)12(7)16-14(20)9-6-8(19(21)22)3-4-10(9)15/h2-6H,1H3,(H,16,20). The van der Waals surface area contributed by atoms with E-state index in [0.29, 0.717) is 16.7 Å². The van der Waals surface area contributed by atoms with Crippen molar-refractivity contribution in [2.75, 3.05) is 5.32 Å². The summed E-state index contributed by atoms with van der Waals surface area (Å²) in [7, 11) is 0. The van der Waals surface area contributed by atoms with Crippen LogP contribution in [-0.4, -0.2) is 19.6 Å². The minimum atomic E-state index is -0.580. The van der Waals surface area contributed by atoms with Crippen LogP contribution in [0.15, 0.2) is 30.3 Å². The number of fused-ring (bicyclic) bond motifs is 1. The molecular weight excluding hydrogens is 340 g/mol. The second-order valence-electron chi connectivity index (χ2n) is 4.76. The molecule has 23 heavy (non-hydrogen) atoms. The molecule has 3 aromatic rings. The van der Waals surface area contributed by atoms with Crippen molar-refractivity contribution in [3.63, 3.8) is 0 Å². The zero-order valence-electron chi connectivity index (χ0n) is 11.7. The smallest absolute Gasteiger partial charge is 0.270 e. The molecule has 0 aliphatic heterocycles. The van der Waals surface area contributed by atoms with E-state index < -0.39 is 10.8 Å². The Balaban J connectivity index is 2.01. The molecule has 0 spiro atoms. The molecule has 0 saturated heterocycles. The molecule has 0 radical (unpaired) electrons. The molecule has 1 heterocycles. The highest BCUT2D eigenvalue weighted by atomic mass is 35.5.